The average Bonchev–Trinajstić information content (AvgIpc) is 3.56. The summed E-state index contributed by atoms with van der Waals surface area (Å²) in [6.07, 6.45) is 1.97. The fourth-order valence-electron chi connectivity index (χ4n) is 6.67. The summed E-state index contributed by atoms with van der Waals surface area (Å²) in [5.41, 5.74) is 10.7. The van der Waals surface area contributed by atoms with Crippen molar-refractivity contribution >= 4 is 61.5 Å². The van der Waals surface area contributed by atoms with E-state index >= 15 is 0 Å². The first-order valence-corrected chi connectivity index (χ1v) is 21.0. The maximum atomic E-state index is 6.80. The van der Waals surface area contributed by atoms with Crippen molar-refractivity contribution in [3.63, 3.8) is 0 Å². The number of fused-ring (bicyclic) bond motifs is 10. The van der Waals surface area contributed by atoms with Crippen LogP contribution in [-0.4, -0.2) is 18.3 Å². The second kappa shape index (κ2) is 7.64. The third-order valence-corrected chi connectivity index (χ3v) is 12.9. The van der Waals surface area contributed by atoms with Gasteiger partial charge in [-0.25, -0.2) is 0 Å². The third-order valence-electron chi connectivity index (χ3n) is 8.68. The van der Waals surface area contributed by atoms with Gasteiger partial charge in [0, 0.05) is 5.41 Å². The molecule has 0 N–H and O–H groups in total. The van der Waals surface area contributed by atoms with Crippen LogP contribution in [0.25, 0.3) is 66.3 Å². The molecule has 3 nitrogen and oxygen atoms in total. The zero-order valence-electron chi connectivity index (χ0n) is 22.8. The normalized spacial score (nSPS) is 14.5. The van der Waals surface area contributed by atoms with Gasteiger partial charge in [-0.05, 0) is 5.56 Å². The third kappa shape index (κ3) is 3.08. The Kier molecular flexibility index (Phi) is 4.52. The van der Waals surface area contributed by atoms with E-state index < -0.39 is 13.3 Å². The molecule has 4 aromatic carbocycles. The zero-order chi connectivity index (χ0) is 26.7. The molecule has 1 aliphatic rings. The number of aromatic nitrogens is 1. The Labute approximate surface area is 229 Å². The van der Waals surface area contributed by atoms with Crippen molar-refractivity contribution in [1.82, 2.24) is 4.98 Å². The molecule has 0 saturated carbocycles. The molecule has 0 unspecified atom stereocenters. The van der Waals surface area contributed by atoms with Gasteiger partial charge in [-0.1, -0.05) is 38.1 Å². The summed E-state index contributed by atoms with van der Waals surface area (Å²) in [6.45, 7) is 4.61. The molecule has 3 aromatic heterocycles. The summed E-state index contributed by atoms with van der Waals surface area (Å²) in [7, 11) is 0. The van der Waals surface area contributed by atoms with E-state index in [1.54, 1.807) is 0 Å². The van der Waals surface area contributed by atoms with E-state index in [1.807, 2.05) is 6.20 Å². The van der Waals surface area contributed by atoms with Gasteiger partial charge in [0.25, 0.3) is 0 Å². The van der Waals surface area contributed by atoms with E-state index in [-0.39, 0.29) is 5.41 Å². The number of furan rings is 2. The Morgan fingerprint density at radius 3 is 2.18 bits per heavy atom. The number of benzene rings is 4. The molecule has 0 saturated heterocycles. The topological polar surface area (TPSA) is 39.2 Å². The van der Waals surface area contributed by atoms with E-state index in [2.05, 4.69) is 110 Å². The van der Waals surface area contributed by atoms with Gasteiger partial charge in [0.1, 0.15) is 0 Å². The standard InChI is InChI=1S/C35H29GeNO2/c1-35(2)26-14-7-6-10-23(26)31-27(35)17-16-22-20-11-8-13-24(32(20)39-34(22)31)29-18-30-25(19-37-29)21-12-9-15-28(33(21)38-30)36(3,4)5/h6-19H,1-5H3. The van der Waals surface area contributed by atoms with Crippen LogP contribution in [0.2, 0.25) is 17.3 Å². The summed E-state index contributed by atoms with van der Waals surface area (Å²) in [5, 5.41) is 4.48. The van der Waals surface area contributed by atoms with Crippen LogP contribution in [0, 0.1) is 0 Å². The second-order valence-corrected chi connectivity index (χ2v) is 23.0. The average molecular weight is 568 g/mol. The van der Waals surface area contributed by atoms with Crippen LogP contribution in [0.4, 0.5) is 0 Å². The molecular weight excluding hydrogens is 539 g/mol. The van der Waals surface area contributed by atoms with E-state index in [0.29, 0.717) is 0 Å². The summed E-state index contributed by atoms with van der Waals surface area (Å²) in [5.74, 6) is 7.22. The van der Waals surface area contributed by atoms with Crippen LogP contribution in [0.15, 0.2) is 93.9 Å². The molecular formula is C35H29GeNO2. The van der Waals surface area contributed by atoms with Crippen molar-refractivity contribution in [3.8, 4) is 22.4 Å². The molecule has 0 aliphatic heterocycles. The predicted octanol–water partition coefficient (Wildman–Crippen LogP) is 9.40. The van der Waals surface area contributed by atoms with Crippen molar-refractivity contribution in [2.24, 2.45) is 0 Å². The SMILES string of the molecule is CC1(C)c2ccccc2-c2c1ccc1c2oc2c(-c3cc4oc5[c]([Ge]([CH3])([CH3])[CH3])cccc5c4cn3)cccc21. The summed E-state index contributed by atoms with van der Waals surface area (Å²) in [6, 6.07) is 28.2. The van der Waals surface area contributed by atoms with E-state index in [1.165, 1.54) is 26.6 Å². The monoisotopic (exact) mass is 569 g/mol. The number of rotatable bonds is 2. The minimum absolute atomic E-state index is 0.0639. The predicted molar refractivity (Wildman–Crippen MR) is 165 cm³/mol. The number of para-hydroxylation sites is 2. The van der Waals surface area contributed by atoms with E-state index in [9.17, 15) is 0 Å². The quantitative estimate of drug-likeness (QED) is 0.195. The van der Waals surface area contributed by atoms with Crippen molar-refractivity contribution in [3.05, 3.63) is 96.2 Å². The molecule has 0 spiro atoms. The van der Waals surface area contributed by atoms with Gasteiger partial charge >= 0.3 is 181 Å². The van der Waals surface area contributed by atoms with Crippen molar-refractivity contribution in [2.75, 3.05) is 0 Å². The van der Waals surface area contributed by atoms with Crippen LogP contribution < -0.4 is 4.40 Å². The van der Waals surface area contributed by atoms with Crippen LogP contribution in [0.1, 0.15) is 25.0 Å². The Morgan fingerprint density at radius 2 is 1.36 bits per heavy atom. The zero-order valence-corrected chi connectivity index (χ0v) is 24.9. The van der Waals surface area contributed by atoms with Gasteiger partial charge in [-0.2, -0.15) is 0 Å². The second-order valence-electron chi connectivity index (χ2n) is 12.4. The Balaban J connectivity index is 1.38. The summed E-state index contributed by atoms with van der Waals surface area (Å²) < 4.78 is 14.7. The van der Waals surface area contributed by atoms with Crippen molar-refractivity contribution in [1.29, 1.82) is 0 Å². The van der Waals surface area contributed by atoms with Crippen molar-refractivity contribution < 1.29 is 8.83 Å². The number of hydrogen-bond donors (Lipinski definition) is 0. The number of pyridine rings is 1. The van der Waals surface area contributed by atoms with Crippen LogP contribution in [0.5, 0.6) is 0 Å². The van der Waals surface area contributed by atoms with E-state index in [4.69, 9.17) is 13.8 Å². The van der Waals surface area contributed by atoms with Crippen LogP contribution in [0.3, 0.4) is 0 Å². The number of nitrogens with zero attached hydrogens (tertiary/aromatic N) is 1. The molecule has 0 bridgehead atoms. The Hall–Kier alpha value is -3.83. The van der Waals surface area contributed by atoms with E-state index in [0.717, 1.165) is 55.1 Å². The molecule has 8 rings (SSSR count). The molecule has 0 atom stereocenters. The molecule has 0 radical (unpaired) electrons. The van der Waals surface area contributed by atoms with Gasteiger partial charge in [0.2, 0.25) is 0 Å². The van der Waals surface area contributed by atoms with Crippen LogP contribution >= 0.6 is 0 Å². The first-order chi connectivity index (χ1) is 18.7. The van der Waals surface area contributed by atoms with Crippen LogP contribution in [-0.2, 0) is 5.41 Å². The van der Waals surface area contributed by atoms with Gasteiger partial charge in [-0.3, -0.25) is 0 Å². The van der Waals surface area contributed by atoms with Gasteiger partial charge in [-0.15, -0.1) is 0 Å². The Bertz CT molecular complexity index is 2140. The first-order valence-electron chi connectivity index (χ1n) is 13.6. The molecule has 3 heterocycles. The molecule has 39 heavy (non-hydrogen) atoms. The minimum atomic E-state index is -2.11. The van der Waals surface area contributed by atoms with Gasteiger partial charge < -0.3 is 0 Å². The molecule has 190 valence electrons. The van der Waals surface area contributed by atoms with Gasteiger partial charge in [0.05, 0.1) is 0 Å². The fraction of sp³-hybridized carbons (Fsp3) is 0.171. The van der Waals surface area contributed by atoms with Crippen molar-refractivity contribution in [2.45, 2.75) is 36.5 Å². The fourth-order valence-corrected chi connectivity index (χ4v) is 9.74. The first kappa shape index (κ1) is 23.1. The molecule has 0 fully saturated rings. The molecule has 1 aliphatic carbocycles. The number of hydrogen-bond acceptors (Lipinski definition) is 3. The summed E-state index contributed by atoms with van der Waals surface area (Å²) in [4.78, 5) is 4.94. The maximum absolute atomic E-state index is 6.80. The summed E-state index contributed by atoms with van der Waals surface area (Å²) >= 11 is -2.11. The Morgan fingerprint density at radius 1 is 0.641 bits per heavy atom. The molecule has 4 heteroatoms. The molecule has 7 aromatic rings. The van der Waals surface area contributed by atoms with Gasteiger partial charge in [0.15, 0.2) is 0 Å². The molecule has 0 amide bonds.